The van der Waals surface area contributed by atoms with Gasteiger partial charge in [0.25, 0.3) is 5.91 Å². The fraction of sp³-hybridized carbons (Fsp3) is 0.350. The lowest BCUT2D eigenvalue weighted by atomic mass is 10.1. The molecule has 0 bridgehead atoms. The van der Waals surface area contributed by atoms with Gasteiger partial charge in [-0.1, -0.05) is 18.2 Å². The first-order valence-electron chi connectivity index (χ1n) is 8.90. The number of sulfonamides is 1. The van der Waals surface area contributed by atoms with Crippen molar-refractivity contribution in [2.75, 3.05) is 25.5 Å². The van der Waals surface area contributed by atoms with E-state index in [1.807, 2.05) is 32.0 Å². The van der Waals surface area contributed by atoms with E-state index in [9.17, 15) is 13.2 Å². The quantitative estimate of drug-likeness (QED) is 0.852. The lowest BCUT2D eigenvalue weighted by Crippen LogP contribution is -2.28. The fourth-order valence-corrected chi connectivity index (χ4v) is 4.84. The predicted octanol–water partition coefficient (Wildman–Crippen LogP) is 3.35. The molecule has 0 saturated carbocycles. The van der Waals surface area contributed by atoms with Gasteiger partial charge in [0.2, 0.25) is 10.0 Å². The summed E-state index contributed by atoms with van der Waals surface area (Å²) in [5.41, 5.74) is 2.78. The summed E-state index contributed by atoms with van der Waals surface area (Å²) < 4.78 is 32.4. The summed E-state index contributed by atoms with van der Waals surface area (Å²) in [6, 6.07) is 10.2. The molecule has 0 spiro atoms. The number of carbonyl (C=O) groups excluding carboxylic acids is 1. The Kier molecular flexibility index (Phi) is 5.53. The van der Waals surface area contributed by atoms with E-state index >= 15 is 0 Å². The van der Waals surface area contributed by atoms with E-state index < -0.39 is 15.9 Å². The Labute approximate surface area is 160 Å². The third-order valence-electron chi connectivity index (χ3n) is 4.84. The fourth-order valence-electron chi connectivity index (χ4n) is 3.30. The Morgan fingerprint density at radius 3 is 2.30 bits per heavy atom. The normalized spacial score (nSPS) is 14.9. The number of anilines is 1. The van der Waals surface area contributed by atoms with Crippen LogP contribution in [0.3, 0.4) is 0 Å². The minimum atomic E-state index is -3.61. The topological polar surface area (TPSA) is 75.7 Å². The summed E-state index contributed by atoms with van der Waals surface area (Å²) in [4.78, 5) is 13.0. The lowest BCUT2D eigenvalue weighted by Gasteiger charge is -2.17. The van der Waals surface area contributed by atoms with Crippen molar-refractivity contribution in [3.63, 3.8) is 0 Å². The molecule has 0 atom stereocenters. The highest BCUT2D eigenvalue weighted by molar-refractivity contribution is 7.89. The Balaban J connectivity index is 1.97. The van der Waals surface area contributed by atoms with Gasteiger partial charge in [-0.2, -0.15) is 4.31 Å². The first-order valence-corrected chi connectivity index (χ1v) is 10.3. The first kappa shape index (κ1) is 19.4. The summed E-state index contributed by atoms with van der Waals surface area (Å²) in [5, 5.41) is 2.89. The van der Waals surface area contributed by atoms with Crippen LogP contribution in [0.1, 0.15) is 34.3 Å². The van der Waals surface area contributed by atoms with Crippen LogP contribution in [0.5, 0.6) is 5.75 Å². The van der Waals surface area contributed by atoms with Crippen LogP contribution < -0.4 is 10.1 Å². The number of rotatable bonds is 5. The summed E-state index contributed by atoms with van der Waals surface area (Å²) in [5.74, 6) is -0.0677. The van der Waals surface area contributed by atoms with Gasteiger partial charge in [-0.15, -0.1) is 0 Å². The molecular formula is C20H24N2O4S. The third-order valence-corrected chi connectivity index (χ3v) is 6.73. The van der Waals surface area contributed by atoms with E-state index in [1.165, 1.54) is 29.6 Å². The third kappa shape index (κ3) is 3.84. The van der Waals surface area contributed by atoms with Crippen LogP contribution in [0.15, 0.2) is 41.3 Å². The summed E-state index contributed by atoms with van der Waals surface area (Å²) in [6.07, 6.45) is 1.71. The van der Waals surface area contributed by atoms with Crippen LogP contribution >= 0.6 is 0 Å². The molecule has 6 nitrogen and oxygen atoms in total. The van der Waals surface area contributed by atoms with Crippen LogP contribution in [0.25, 0.3) is 0 Å². The van der Waals surface area contributed by atoms with Crippen LogP contribution in [-0.4, -0.2) is 38.8 Å². The monoisotopic (exact) mass is 388 g/mol. The molecule has 3 rings (SSSR count). The molecule has 1 N–H and O–H groups in total. The van der Waals surface area contributed by atoms with Crippen molar-refractivity contribution in [1.29, 1.82) is 0 Å². The number of carbonyl (C=O) groups is 1. The second kappa shape index (κ2) is 7.70. The van der Waals surface area contributed by atoms with E-state index in [0.717, 1.165) is 29.7 Å². The number of nitrogens with zero attached hydrogens (tertiary/aromatic N) is 1. The number of ether oxygens (including phenoxy) is 1. The highest BCUT2D eigenvalue weighted by atomic mass is 32.2. The van der Waals surface area contributed by atoms with Gasteiger partial charge in [-0.25, -0.2) is 8.42 Å². The van der Waals surface area contributed by atoms with Crippen LogP contribution in [0, 0.1) is 13.8 Å². The number of hydrogen-bond acceptors (Lipinski definition) is 4. The average Bonchev–Trinajstić information content (AvgIpc) is 3.19. The number of para-hydroxylation sites is 1. The van der Waals surface area contributed by atoms with Crippen molar-refractivity contribution in [3.8, 4) is 5.75 Å². The zero-order valence-corrected chi connectivity index (χ0v) is 16.6. The molecule has 1 fully saturated rings. The van der Waals surface area contributed by atoms with Gasteiger partial charge in [0.15, 0.2) is 0 Å². The van der Waals surface area contributed by atoms with E-state index in [0.29, 0.717) is 18.8 Å². The van der Waals surface area contributed by atoms with Gasteiger partial charge >= 0.3 is 0 Å². The van der Waals surface area contributed by atoms with Crippen LogP contribution in [0.2, 0.25) is 0 Å². The first-order chi connectivity index (χ1) is 12.8. The molecule has 1 amide bonds. The number of amides is 1. The highest BCUT2D eigenvalue weighted by Crippen LogP contribution is 2.28. The van der Waals surface area contributed by atoms with Crippen LogP contribution in [-0.2, 0) is 10.0 Å². The van der Waals surface area contributed by atoms with Crippen molar-refractivity contribution in [2.24, 2.45) is 0 Å². The van der Waals surface area contributed by atoms with Crippen molar-refractivity contribution in [2.45, 2.75) is 31.6 Å². The number of benzene rings is 2. The van der Waals surface area contributed by atoms with Crippen molar-refractivity contribution < 1.29 is 17.9 Å². The number of aryl methyl sites for hydroxylation is 2. The molecule has 0 aliphatic carbocycles. The Bertz CT molecular complexity index is 944. The van der Waals surface area contributed by atoms with Gasteiger partial charge in [0.1, 0.15) is 5.75 Å². The number of hydrogen-bond donors (Lipinski definition) is 1. The maximum atomic E-state index is 12.9. The number of methoxy groups -OCH3 is 1. The minimum absolute atomic E-state index is 0.108. The second-order valence-electron chi connectivity index (χ2n) is 6.69. The number of nitrogens with one attached hydrogen (secondary N) is 1. The van der Waals surface area contributed by atoms with E-state index in [-0.39, 0.29) is 10.5 Å². The molecule has 0 unspecified atom stereocenters. The molecule has 2 aromatic carbocycles. The molecule has 27 heavy (non-hydrogen) atoms. The molecule has 0 radical (unpaired) electrons. The maximum Gasteiger partial charge on any atom is 0.259 e. The Morgan fingerprint density at radius 1 is 1.07 bits per heavy atom. The summed E-state index contributed by atoms with van der Waals surface area (Å²) in [6.45, 7) is 4.85. The van der Waals surface area contributed by atoms with Crippen LogP contribution in [0.4, 0.5) is 5.69 Å². The lowest BCUT2D eigenvalue weighted by molar-refractivity contribution is 0.102. The van der Waals surface area contributed by atoms with Crippen molar-refractivity contribution in [1.82, 2.24) is 4.31 Å². The van der Waals surface area contributed by atoms with Gasteiger partial charge in [0.05, 0.1) is 17.6 Å². The molecule has 1 saturated heterocycles. The Hall–Kier alpha value is -2.38. The van der Waals surface area contributed by atoms with Gasteiger partial charge in [-0.05, 0) is 56.0 Å². The molecule has 1 heterocycles. The minimum Gasteiger partial charge on any atom is -0.496 e. The second-order valence-corrected chi connectivity index (χ2v) is 8.63. The predicted molar refractivity (Wildman–Crippen MR) is 105 cm³/mol. The summed E-state index contributed by atoms with van der Waals surface area (Å²) >= 11 is 0. The molecular weight excluding hydrogens is 364 g/mol. The standard InChI is InChI=1S/C20H24N2O4S/c1-14-7-6-8-15(2)19(14)21-20(23)17-13-16(9-10-18(17)26-3)27(24,25)22-11-4-5-12-22/h6-10,13H,4-5,11-12H2,1-3H3,(H,21,23). The van der Waals surface area contributed by atoms with Gasteiger partial charge in [0, 0.05) is 18.8 Å². The Morgan fingerprint density at radius 2 is 1.70 bits per heavy atom. The zero-order chi connectivity index (χ0) is 19.6. The van der Waals surface area contributed by atoms with E-state index in [1.54, 1.807) is 0 Å². The molecule has 0 aromatic heterocycles. The molecule has 1 aliphatic rings. The summed E-state index contributed by atoms with van der Waals surface area (Å²) in [7, 11) is -2.15. The molecule has 2 aromatic rings. The van der Waals surface area contributed by atoms with Gasteiger partial charge in [-0.3, -0.25) is 4.79 Å². The molecule has 144 valence electrons. The smallest absolute Gasteiger partial charge is 0.259 e. The average molecular weight is 388 g/mol. The molecule has 1 aliphatic heterocycles. The SMILES string of the molecule is COc1ccc(S(=O)(=O)N2CCCC2)cc1C(=O)Nc1c(C)cccc1C. The van der Waals surface area contributed by atoms with Crippen molar-refractivity contribution >= 4 is 21.6 Å². The highest BCUT2D eigenvalue weighted by Gasteiger charge is 2.28. The largest absolute Gasteiger partial charge is 0.496 e. The van der Waals surface area contributed by atoms with E-state index in [4.69, 9.17) is 4.74 Å². The zero-order valence-electron chi connectivity index (χ0n) is 15.8. The van der Waals surface area contributed by atoms with Crippen molar-refractivity contribution in [3.05, 3.63) is 53.1 Å². The van der Waals surface area contributed by atoms with Gasteiger partial charge < -0.3 is 10.1 Å². The maximum absolute atomic E-state index is 12.9. The van der Waals surface area contributed by atoms with E-state index in [2.05, 4.69) is 5.32 Å². The molecule has 7 heteroatoms.